The van der Waals surface area contributed by atoms with Crippen LogP contribution in [0.25, 0.3) is 16.9 Å². The molecule has 7 nitrogen and oxygen atoms in total. The summed E-state index contributed by atoms with van der Waals surface area (Å²) >= 11 is 1.33. The number of carbonyl (C=O) groups is 2. The summed E-state index contributed by atoms with van der Waals surface area (Å²) in [5, 5.41) is 7.36. The highest BCUT2D eigenvalue weighted by atomic mass is 32.2. The van der Waals surface area contributed by atoms with E-state index in [1.807, 2.05) is 61.5 Å². The number of furan rings is 1. The smallest absolute Gasteiger partial charge is 0.240 e. The first-order chi connectivity index (χ1) is 20.0. The molecule has 3 heterocycles. The largest absolute Gasteiger partial charge is 0.467 e. The number of aromatic nitrogens is 2. The van der Waals surface area contributed by atoms with Crippen LogP contribution in [0.4, 0.5) is 10.2 Å². The van der Waals surface area contributed by atoms with Crippen molar-refractivity contribution in [1.82, 2.24) is 15.1 Å². The molecule has 41 heavy (non-hydrogen) atoms. The number of thioether (sulfide) groups is 1. The lowest BCUT2D eigenvalue weighted by atomic mass is 9.99. The van der Waals surface area contributed by atoms with Crippen LogP contribution in [0.2, 0.25) is 0 Å². The first-order valence-corrected chi connectivity index (χ1v) is 14.3. The molecule has 0 spiro atoms. The zero-order chi connectivity index (χ0) is 28.3. The van der Waals surface area contributed by atoms with Gasteiger partial charge >= 0.3 is 0 Å². The van der Waals surface area contributed by atoms with Crippen molar-refractivity contribution in [1.29, 1.82) is 0 Å². The highest BCUT2D eigenvalue weighted by molar-refractivity contribution is 8.00. The summed E-state index contributed by atoms with van der Waals surface area (Å²) in [6.45, 7) is 1.93. The molecule has 1 N–H and O–H groups in total. The fourth-order valence-electron chi connectivity index (χ4n) is 5.03. The number of fused-ring (bicyclic) bond motifs is 1. The van der Waals surface area contributed by atoms with Crippen LogP contribution in [0.3, 0.4) is 0 Å². The van der Waals surface area contributed by atoms with Crippen LogP contribution in [-0.4, -0.2) is 33.9 Å². The fourth-order valence-corrected chi connectivity index (χ4v) is 6.25. The Morgan fingerprint density at radius 1 is 1.02 bits per heavy atom. The molecule has 9 heteroatoms. The maximum absolute atomic E-state index is 15.4. The molecule has 5 aromatic rings. The zero-order valence-electron chi connectivity index (χ0n) is 22.3. The molecule has 1 unspecified atom stereocenters. The Labute approximate surface area is 241 Å². The van der Waals surface area contributed by atoms with Crippen LogP contribution in [0.15, 0.2) is 102 Å². The number of amides is 2. The lowest BCUT2D eigenvalue weighted by Gasteiger charge is -2.23. The summed E-state index contributed by atoms with van der Waals surface area (Å²) in [4.78, 5) is 28.5. The van der Waals surface area contributed by atoms with Gasteiger partial charge in [0, 0.05) is 16.7 Å². The van der Waals surface area contributed by atoms with E-state index in [2.05, 4.69) is 5.32 Å². The Morgan fingerprint density at radius 3 is 2.54 bits per heavy atom. The third kappa shape index (κ3) is 5.28. The molecule has 1 atom stereocenters. The van der Waals surface area contributed by atoms with Gasteiger partial charge in [0.15, 0.2) is 0 Å². The Bertz CT molecular complexity index is 1700. The van der Waals surface area contributed by atoms with E-state index >= 15 is 4.39 Å². The Balaban J connectivity index is 1.56. The average Bonchev–Trinajstić information content (AvgIpc) is 3.62. The summed E-state index contributed by atoms with van der Waals surface area (Å²) in [5.41, 5.74) is 4.29. The van der Waals surface area contributed by atoms with Crippen LogP contribution >= 0.6 is 11.8 Å². The molecule has 0 aliphatic carbocycles. The number of aryl methyl sites for hydroxylation is 1. The maximum Gasteiger partial charge on any atom is 0.240 e. The molecule has 206 valence electrons. The van der Waals surface area contributed by atoms with Gasteiger partial charge in [-0.25, -0.2) is 9.07 Å². The van der Waals surface area contributed by atoms with Crippen LogP contribution in [0.5, 0.6) is 0 Å². The van der Waals surface area contributed by atoms with E-state index in [1.165, 1.54) is 29.0 Å². The molecule has 0 bridgehead atoms. The number of rotatable bonds is 7. The van der Waals surface area contributed by atoms with E-state index in [1.54, 1.807) is 35.0 Å². The van der Waals surface area contributed by atoms with Crippen LogP contribution in [0.1, 0.15) is 27.7 Å². The molecular formula is C32H27FN4O3S. The topological polar surface area (TPSA) is 80.4 Å². The Kier molecular flexibility index (Phi) is 7.43. The minimum atomic E-state index is -0.542. The van der Waals surface area contributed by atoms with Gasteiger partial charge in [-0.05, 0) is 36.8 Å². The molecule has 3 aromatic carbocycles. The van der Waals surface area contributed by atoms with E-state index in [-0.39, 0.29) is 36.5 Å². The van der Waals surface area contributed by atoms with Crippen LogP contribution < -0.4 is 10.2 Å². The van der Waals surface area contributed by atoms with Crippen molar-refractivity contribution in [3.05, 3.63) is 126 Å². The predicted octanol–water partition coefficient (Wildman–Crippen LogP) is 6.07. The third-order valence-electron chi connectivity index (χ3n) is 7.01. The number of carbonyl (C=O) groups excluding carboxylic acids is 2. The number of nitrogens with one attached hydrogen (secondary N) is 1. The first kappa shape index (κ1) is 26.6. The maximum atomic E-state index is 15.4. The number of halogens is 1. The molecule has 0 saturated carbocycles. The van der Waals surface area contributed by atoms with Crippen molar-refractivity contribution in [3.63, 3.8) is 0 Å². The number of benzene rings is 3. The number of hydrogen-bond acceptors (Lipinski definition) is 5. The molecule has 0 saturated heterocycles. The molecule has 2 amide bonds. The highest BCUT2D eigenvalue weighted by Crippen LogP contribution is 2.49. The van der Waals surface area contributed by atoms with Gasteiger partial charge < -0.3 is 9.73 Å². The number of hydrogen-bond donors (Lipinski definition) is 1. The van der Waals surface area contributed by atoms with E-state index in [9.17, 15) is 9.59 Å². The fraction of sp³-hybridized carbons (Fsp3) is 0.156. The minimum Gasteiger partial charge on any atom is -0.467 e. The van der Waals surface area contributed by atoms with Crippen LogP contribution in [-0.2, 0) is 16.1 Å². The molecule has 1 aliphatic rings. The van der Waals surface area contributed by atoms with Crippen molar-refractivity contribution in [3.8, 4) is 16.9 Å². The second-order valence-electron chi connectivity index (χ2n) is 9.70. The molecular weight excluding hydrogens is 539 g/mol. The van der Waals surface area contributed by atoms with E-state index in [4.69, 9.17) is 9.52 Å². The van der Waals surface area contributed by atoms with Gasteiger partial charge in [-0.1, -0.05) is 66.7 Å². The van der Waals surface area contributed by atoms with Crippen molar-refractivity contribution in [2.75, 3.05) is 17.2 Å². The number of para-hydroxylation sites is 1. The van der Waals surface area contributed by atoms with Gasteiger partial charge in [0.2, 0.25) is 11.8 Å². The normalized spacial score (nSPS) is 14.9. The molecule has 0 fully saturated rings. The van der Waals surface area contributed by atoms with Crippen LogP contribution in [0, 0.1) is 12.7 Å². The van der Waals surface area contributed by atoms with Gasteiger partial charge in [0.25, 0.3) is 0 Å². The molecule has 2 aromatic heterocycles. The van der Waals surface area contributed by atoms with Gasteiger partial charge in [-0.15, -0.1) is 11.8 Å². The Morgan fingerprint density at radius 2 is 1.78 bits per heavy atom. The summed E-state index contributed by atoms with van der Waals surface area (Å²) in [7, 11) is 0. The van der Waals surface area contributed by atoms with Crippen molar-refractivity contribution < 1.29 is 18.4 Å². The van der Waals surface area contributed by atoms with E-state index in [0.29, 0.717) is 28.4 Å². The van der Waals surface area contributed by atoms with E-state index < -0.39 is 5.25 Å². The highest BCUT2D eigenvalue weighted by Gasteiger charge is 2.38. The quantitative estimate of drug-likeness (QED) is 0.259. The Hall–Kier alpha value is -4.63. The predicted molar refractivity (Wildman–Crippen MR) is 157 cm³/mol. The molecule has 6 rings (SSSR count). The standard InChI is InChI=1S/C32H27FN4O3S/c1-21-10-5-8-16-26(21)37-32-29(30(35-37)22-11-3-2-4-12-22)31(24-14-6-7-15-25(24)33)41-20-28(39)36(32)19-27(38)34-18-23-13-9-17-40-23/h2-17,31H,18-20H2,1H3,(H,34,38). The average molecular weight is 567 g/mol. The minimum absolute atomic E-state index is 0.0567. The van der Waals surface area contributed by atoms with Crippen molar-refractivity contribution in [2.24, 2.45) is 0 Å². The van der Waals surface area contributed by atoms with Crippen molar-refractivity contribution in [2.45, 2.75) is 18.7 Å². The van der Waals surface area contributed by atoms with E-state index in [0.717, 1.165) is 16.8 Å². The number of nitrogens with zero attached hydrogens (tertiary/aromatic N) is 3. The monoisotopic (exact) mass is 566 g/mol. The summed E-state index contributed by atoms with van der Waals surface area (Å²) in [6.07, 6.45) is 1.54. The lowest BCUT2D eigenvalue weighted by molar-refractivity contribution is -0.123. The molecule has 1 aliphatic heterocycles. The summed E-state index contributed by atoms with van der Waals surface area (Å²) in [6, 6.07) is 27.5. The van der Waals surface area contributed by atoms with Gasteiger partial charge in [-0.3, -0.25) is 14.5 Å². The van der Waals surface area contributed by atoms with Gasteiger partial charge in [0.1, 0.15) is 23.9 Å². The first-order valence-electron chi connectivity index (χ1n) is 13.2. The summed E-state index contributed by atoms with van der Waals surface area (Å²) in [5.74, 6) is 0.130. The third-order valence-corrected chi connectivity index (χ3v) is 8.25. The number of anilines is 1. The summed E-state index contributed by atoms with van der Waals surface area (Å²) < 4.78 is 22.4. The second-order valence-corrected chi connectivity index (χ2v) is 10.8. The lowest BCUT2D eigenvalue weighted by Crippen LogP contribution is -2.42. The molecule has 0 radical (unpaired) electrons. The second kappa shape index (κ2) is 11.5. The SMILES string of the molecule is Cc1ccccc1-n1nc(-c2ccccc2)c2c1N(CC(=O)NCc1ccco1)C(=O)CSC2c1ccccc1F. The zero-order valence-corrected chi connectivity index (χ0v) is 23.1. The van der Waals surface area contributed by atoms with Crippen molar-refractivity contribution >= 4 is 29.4 Å². The van der Waals surface area contributed by atoms with Gasteiger partial charge in [-0.2, -0.15) is 5.10 Å². The van der Waals surface area contributed by atoms with Gasteiger partial charge in [0.05, 0.1) is 35.2 Å².